The lowest BCUT2D eigenvalue weighted by Gasteiger charge is -2.31. The number of amides is 1. The SMILES string of the molecule is CN(C(=O)C1CCCCC1N)c1ccccc1F. The number of nitrogens with zero attached hydrogens (tertiary/aromatic N) is 1. The standard InChI is InChI=1S/C14H19FN2O/c1-17(13-9-5-3-7-11(13)15)14(18)10-6-2-4-8-12(10)16/h3,5,7,9-10,12H,2,4,6,8,16H2,1H3. The van der Waals surface area contributed by atoms with Gasteiger partial charge in [0.05, 0.1) is 11.6 Å². The molecule has 4 heteroatoms. The molecule has 98 valence electrons. The van der Waals surface area contributed by atoms with Crippen LogP contribution in [0.2, 0.25) is 0 Å². The summed E-state index contributed by atoms with van der Waals surface area (Å²) in [7, 11) is 1.61. The van der Waals surface area contributed by atoms with Gasteiger partial charge in [0.1, 0.15) is 5.82 Å². The number of carbonyl (C=O) groups is 1. The first-order chi connectivity index (χ1) is 8.61. The van der Waals surface area contributed by atoms with Crippen LogP contribution in [0.3, 0.4) is 0 Å². The number of anilines is 1. The molecule has 0 radical (unpaired) electrons. The molecule has 2 atom stereocenters. The van der Waals surface area contributed by atoms with Crippen LogP contribution in [-0.2, 0) is 4.79 Å². The molecule has 0 spiro atoms. The third-order valence-electron chi connectivity index (χ3n) is 3.68. The summed E-state index contributed by atoms with van der Waals surface area (Å²) < 4.78 is 13.6. The van der Waals surface area contributed by atoms with Gasteiger partial charge in [-0.15, -0.1) is 0 Å². The molecule has 1 aliphatic carbocycles. The minimum Gasteiger partial charge on any atom is -0.327 e. The maximum absolute atomic E-state index is 13.6. The molecular formula is C14H19FN2O. The number of hydrogen-bond acceptors (Lipinski definition) is 2. The maximum Gasteiger partial charge on any atom is 0.231 e. The number of nitrogens with two attached hydrogens (primary N) is 1. The van der Waals surface area contributed by atoms with Gasteiger partial charge in [-0.2, -0.15) is 0 Å². The van der Waals surface area contributed by atoms with Crippen molar-refractivity contribution in [1.82, 2.24) is 0 Å². The number of para-hydroxylation sites is 1. The van der Waals surface area contributed by atoms with Gasteiger partial charge < -0.3 is 10.6 Å². The lowest BCUT2D eigenvalue weighted by atomic mass is 9.84. The summed E-state index contributed by atoms with van der Waals surface area (Å²) in [5.74, 6) is -0.631. The summed E-state index contributed by atoms with van der Waals surface area (Å²) in [5.41, 5.74) is 6.31. The van der Waals surface area contributed by atoms with E-state index in [0.717, 1.165) is 25.7 Å². The molecule has 0 aliphatic heterocycles. The maximum atomic E-state index is 13.6. The van der Waals surface area contributed by atoms with Gasteiger partial charge in [-0.25, -0.2) is 4.39 Å². The molecule has 2 unspecified atom stereocenters. The van der Waals surface area contributed by atoms with E-state index in [1.54, 1.807) is 25.2 Å². The van der Waals surface area contributed by atoms with Crippen molar-refractivity contribution in [3.05, 3.63) is 30.1 Å². The van der Waals surface area contributed by atoms with Crippen LogP contribution in [0.4, 0.5) is 10.1 Å². The minimum atomic E-state index is -0.377. The fourth-order valence-corrected chi connectivity index (χ4v) is 2.56. The molecule has 0 aromatic heterocycles. The molecule has 0 heterocycles. The smallest absolute Gasteiger partial charge is 0.231 e. The lowest BCUT2D eigenvalue weighted by molar-refractivity contribution is -0.123. The van der Waals surface area contributed by atoms with Crippen LogP contribution in [0, 0.1) is 11.7 Å². The summed E-state index contributed by atoms with van der Waals surface area (Å²) >= 11 is 0. The zero-order chi connectivity index (χ0) is 13.1. The van der Waals surface area contributed by atoms with Crippen molar-refractivity contribution in [2.75, 3.05) is 11.9 Å². The van der Waals surface area contributed by atoms with Crippen LogP contribution in [0.25, 0.3) is 0 Å². The van der Waals surface area contributed by atoms with Gasteiger partial charge in [0.15, 0.2) is 0 Å². The molecule has 2 rings (SSSR count). The summed E-state index contributed by atoms with van der Waals surface area (Å²) in [4.78, 5) is 13.7. The highest BCUT2D eigenvalue weighted by atomic mass is 19.1. The summed E-state index contributed by atoms with van der Waals surface area (Å²) in [6.07, 6.45) is 3.78. The average Bonchev–Trinajstić information content (AvgIpc) is 2.38. The Bertz CT molecular complexity index is 436. The average molecular weight is 250 g/mol. The Balaban J connectivity index is 2.16. The largest absolute Gasteiger partial charge is 0.327 e. The summed E-state index contributed by atoms with van der Waals surface area (Å²) in [6.45, 7) is 0. The van der Waals surface area contributed by atoms with E-state index in [2.05, 4.69) is 0 Å². The molecule has 1 saturated carbocycles. The van der Waals surface area contributed by atoms with Crippen LogP contribution in [0.1, 0.15) is 25.7 Å². The second-order valence-electron chi connectivity index (χ2n) is 4.90. The van der Waals surface area contributed by atoms with E-state index >= 15 is 0 Å². The number of carbonyl (C=O) groups excluding carboxylic acids is 1. The van der Waals surface area contributed by atoms with Gasteiger partial charge >= 0.3 is 0 Å². The second-order valence-corrected chi connectivity index (χ2v) is 4.90. The molecule has 1 fully saturated rings. The van der Waals surface area contributed by atoms with E-state index in [-0.39, 0.29) is 23.7 Å². The van der Waals surface area contributed by atoms with E-state index in [1.807, 2.05) is 0 Å². The Morgan fingerprint density at radius 1 is 1.33 bits per heavy atom. The Hall–Kier alpha value is -1.42. The first kappa shape index (κ1) is 13.0. The third kappa shape index (κ3) is 2.53. The first-order valence-corrected chi connectivity index (χ1v) is 6.39. The Morgan fingerprint density at radius 2 is 2.00 bits per heavy atom. The highest BCUT2D eigenvalue weighted by Crippen LogP contribution is 2.27. The predicted octanol–water partition coefficient (Wildman–Crippen LogP) is 2.31. The van der Waals surface area contributed by atoms with Crippen LogP contribution in [0.5, 0.6) is 0 Å². The Morgan fingerprint density at radius 3 is 2.67 bits per heavy atom. The Labute approximate surface area is 107 Å². The van der Waals surface area contributed by atoms with Gasteiger partial charge in [-0.3, -0.25) is 4.79 Å². The van der Waals surface area contributed by atoms with Crippen LogP contribution in [-0.4, -0.2) is 19.0 Å². The van der Waals surface area contributed by atoms with Crippen molar-refractivity contribution >= 4 is 11.6 Å². The highest BCUT2D eigenvalue weighted by Gasteiger charge is 2.31. The fraction of sp³-hybridized carbons (Fsp3) is 0.500. The van der Waals surface area contributed by atoms with Crippen molar-refractivity contribution in [2.24, 2.45) is 11.7 Å². The number of rotatable bonds is 2. The van der Waals surface area contributed by atoms with Crippen molar-refractivity contribution in [3.8, 4) is 0 Å². The zero-order valence-electron chi connectivity index (χ0n) is 10.6. The monoisotopic (exact) mass is 250 g/mol. The van der Waals surface area contributed by atoms with Crippen molar-refractivity contribution in [3.63, 3.8) is 0 Å². The molecule has 0 bridgehead atoms. The van der Waals surface area contributed by atoms with E-state index in [0.29, 0.717) is 5.69 Å². The van der Waals surface area contributed by atoms with E-state index in [1.165, 1.54) is 11.0 Å². The first-order valence-electron chi connectivity index (χ1n) is 6.39. The molecular weight excluding hydrogens is 231 g/mol. The van der Waals surface area contributed by atoms with Gasteiger partial charge in [0, 0.05) is 13.1 Å². The molecule has 0 saturated heterocycles. The lowest BCUT2D eigenvalue weighted by Crippen LogP contribution is -2.44. The van der Waals surface area contributed by atoms with Crippen LogP contribution in [0.15, 0.2) is 24.3 Å². The second kappa shape index (κ2) is 5.48. The molecule has 2 N–H and O–H groups in total. The molecule has 3 nitrogen and oxygen atoms in total. The van der Waals surface area contributed by atoms with E-state index in [4.69, 9.17) is 5.73 Å². The molecule has 1 aromatic rings. The van der Waals surface area contributed by atoms with Gasteiger partial charge in [-0.1, -0.05) is 25.0 Å². The number of halogens is 1. The van der Waals surface area contributed by atoms with Gasteiger partial charge in [-0.05, 0) is 25.0 Å². The van der Waals surface area contributed by atoms with Crippen molar-refractivity contribution in [2.45, 2.75) is 31.7 Å². The van der Waals surface area contributed by atoms with Crippen LogP contribution < -0.4 is 10.6 Å². The highest BCUT2D eigenvalue weighted by molar-refractivity contribution is 5.95. The van der Waals surface area contributed by atoms with Crippen molar-refractivity contribution in [1.29, 1.82) is 0 Å². The fourth-order valence-electron chi connectivity index (χ4n) is 2.56. The predicted molar refractivity (Wildman–Crippen MR) is 69.7 cm³/mol. The zero-order valence-corrected chi connectivity index (χ0v) is 10.6. The van der Waals surface area contributed by atoms with Crippen LogP contribution >= 0.6 is 0 Å². The molecule has 1 aromatic carbocycles. The molecule has 1 aliphatic rings. The molecule has 18 heavy (non-hydrogen) atoms. The summed E-state index contributed by atoms with van der Waals surface area (Å²) in [6, 6.07) is 6.22. The van der Waals surface area contributed by atoms with E-state index < -0.39 is 0 Å². The number of hydrogen-bond donors (Lipinski definition) is 1. The number of benzene rings is 1. The van der Waals surface area contributed by atoms with Crippen molar-refractivity contribution < 1.29 is 9.18 Å². The minimum absolute atomic E-state index is 0.0766. The third-order valence-corrected chi connectivity index (χ3v) is 3.68. The topological polar surface area (TPSA) is 46.3 Å². The van der Waals surface area contributed by atoms with Gasteiger partial charge in [0.25, 0.3) is 0 Å². The van der Waals surface area contributed by atoms with E-state index in [9.17, 15) is 9.18 Å². The van der Waals surface area contributed by atoms with Gasteiger partial charge in [0.2, 0.25) is 5.91 Å². The molecule has 1 amide bonds. The Kier molecular flexibility index (Phi) is 3.97. The summed E-state index contributed by atoms with van der Waals surface area (Å²) in [5, 5.41) is 0. The normalized spacial score (nSPS) is 23.7. The quantitative estimate of drug-likeness (QED) is 0.875.